The first-order valence-corrected chi connectivity index (χ1v) is 7.80. The largest absolute Gasteiger partial charge is 0.478 e. The summed E-state index contributed by atoms with van der Waals surface area (Å²) in [5, 5.41) is 12.0. The van der Waals surface area contributed by atoms with E-state index in [9.17, 15) is 14.7 Å². The highest BCUT2D eigenvalue weighted by atomic mass is 16.6. The van der Waals surface area contributed by atoms with Crippen molar-refractivity contribution in [1.29, 1.82) is 0 Å². The monoisotopic (exact) mass is 321 g/mol. The van der Waals surface area contributed by atoms with E-state index >= 15 is 0 Å². The van der Waals surface area contributed by atoms with Gasteiger partial charge in [-0.3, -0.25) is 0 Å². The average molecular weight is 321 g/mol. The Kier molecular flexibility index (Phi) is 5.81. The second-order valence-electron chi connectivity index (χ2n) is 7.27. The van der Waals surface area contributed by atoms with E-state index in [1.54, 1.807) is 12.1 Å². The van der Waals surface area contributed by atoms with Crippen molar-refractivity contribution >= 4 is 12.1 Å². The molecule has 23 heavy (non-hydrogen) atoms. The fraction of sp³-hybridized carbons (Fsp3) is 0.556. The number of aryl methyl sites for hydroxylation is 1. The number of amides is 1. The van der Waals surface area contributed by atoms with Crippen molar-refractivity contribution < 1.29 is 19.4 Å². The Labute approximate surface area is 138 Å². The molecule has 128 valence electrons. The van der Waals surface area contributed by atoms with Gasteiger partial charge >= 0.3 is 12.1 Å². The SMILES string of the molecule is CCc1ccc(C(=O)O)cc1C(C)(C)CNC(=O)OC(C)(C)C. The van der Waals surface area contributed by atoms with Gasteiger partial charge in [0.2, 0.25) is 0 Å². The molecule has 5 nitrogen and oxygen atoms in total. The lowest BCUT2D eigenvalue weighted by Gasteiger charge is -2.29. The minimum absolute atomic E-state index is 0.252. The summed E-state index contributed by atoms with van der Waals surface area (Å²) in [7, 11) is 0. The van der Waals surface area contributed by atoms with Gasteiger partial charge in [0, 0.05) is 12.0 Å². The molecule has 0 bridgehead atoms. The second kappa shape index (κ2) is 7.02. The van der Waals surface area contributed by atoms with Crippen molar-refractivity contribution in [3.8, 4) is 0 Å². The number of alkyl carbamates (subject to hydrolysis) is 1. The smallest absolute Gasteiger partial charge is 0.407 e. The van der Waals surface area contributed by atoms with Crippen molar-refractivity contribution in [3.63, 3.8) is 0 Å². The van der Waals surface area contributed by atoms with E-state index in [4.69, 9.17) is 4.74 Å². The number of hydrogen-bond donors (Lipinski definition) is 2. The van der Waals surface area contributed by atoms with Crippen molar-refractivity contribution in [3.05, 3.63) is 34.9 Å². The first kappa shape index (κ1) is 19.0. The van der Waals surface area contributed by atoms with Gasteiger partial charge in [-0.25, -0.2) is 9.59 Å². The van der Waals surface area contributed by atoms with Crippen molar-refractivity contribution in [1.82, 2.24) is 5.32 Å². The topological polar surface area (TPSA) is 75.6 Å². The van der Waals surface area contributed by atoms with Gasteiger partial charge in [-0.15, -0.1) is 0 Å². The maximum atomic E-state index is 11.8. The van der Waals surface area contributed by atoms with Crippen LogP contribution in [-0.4, -0.2) is 29.3 Å². The van der Waals surface area contributed by atoms with Gasteiger partial charge in [0.1, 0.15) is 5.60 Å². The third kappa shape index (κ3) is 5.58. The predicted molar refractivity (Wildman–Crippen MR) is 90.0 cm³/mol. The fourth-order valence-electron chi connectivity index (χ4n) is 2.35. The predicted octanol–water partition coefficient (Wildman–Crippen LogP) is 3.75. The van der Waals surface area contributed by atoms with Crippen LogP contribution in [0.2, 0.25) is 0 Å². The molecule has 1 aromatic carbocycles. The van der Waals surface area contributed by atoms with E-state index in [0.29, 0.717) is 6.54 Å². The van der Waals surface area contributed by atoms with Crippen LogP contribution in [0.1, 0.15) is 63.0 Å². The zero-order valence-electron chi connectivity index (χ0n) is 14.8. The van der Waals surface area contributed by atoms with Gasteiger partial charge in [0.15, 0.2) is 0 Å². The number of nitrogens with one attached hydrogen (secondary N) is 1. The number of aromatic carboxylic acids is 1. The molecule has 0 radical (unpaired) electrons. The molecule has 0 aliphatic rings. The average Bonchev–Trinajstić information content (AvgIpc) is 2.42. The number of benzene rings is 1. The van der Waals surface area contributed by atoms with Gasteiger partial charge in [0.05, 0.1) is 5.56 Å². The molecule has 2 N–H and O–H groups in total. The number of carbonyl (C=O) groups is 2. The van der Waals surface area contributed by atoms with Gasteiger partial charge in [-0.05, 0) is 50.5 Å². The lowest BCUT2D eigenvalue weighted by atomic mass is 9.80. The second-order valence-corrected chi connectivity index (χ2v) is 7.27. The number of carbonyl (C=O) groups excluding carboxylic acids is 1. The van der Waals surface area contributed by atoms with Crippen LogP contribution >= 0.6 is 0 Å². The first-order valence-electron chi connectivity index (χ1n) is 7.80. The van der Waals surface area contributed by atoms with Crippen molar-refractivity contribution in [2.45, 2.75) is 59.0 Å². The quantitative estimate of drug-likeness (QED) is 0.866. The minimum atomic E-state index is -0.954. The first-order chi connectivity index (χ1) is 10.5. The number of ether oxygens (including phenoxy) is 1. The number of hydrogen-bond acceptors (Lipinski definition) is 3. The molecule has 0 saturated heterocycles. The molecule has 1 amide bonds. The Balaban J connectivity index is 2.96. The molecule has 1 aromatic rings. The van der Waals surface area contributed by atoms with Crippen LogP contribution in [0.25, 0.3) is 0 Å². The van der Waals surface area contributed by atoms with E-state index in [1.807, 2.05) is 47.6 Å². The zero-order valence-corrected chi connectivity index (χ0v) is 14.8. The Hall–Kier alpha value is -2.04. The molecular weight excluding hydrogens is 294 g/mol. The van der Waals surface area contributed by atoms with Crippen LogP contribution in [-0.2, 0) is 16.6 Å². The Bertz CT molecular complexity index is 585. The maximum Gasteiger partial charge on any atom is 0.407 e. The van der Waals surface area contributed by atoms with Crippen LogP contribution < -0.4 is 5.32 Å². The summed E-state index contributed by atoms with van der Waals surface area (Å²) < 4.78 is 5.24. The molecule has 0 saturated carbocycles. The summed E-state index contributed by atoms with van der Waals surface area (Å²) in [5.41, 5.74) is 1.30. The molecule has 0 heterocycles. The summed E-state index contributed by atoms with van der Waals surface area (Å²) in [6.07, 6.45) is 0.323. The summed E-state index contributed by atoms with van der Waals surface area (Å²) in [6, 6.07) is 5.15. The molecule has 1 rings (SSSR count). The van der Waals surface area contributed by atoms with Crippen LogP contribution in [0.3, 0.4) is 0 Å². The standard InChI is InChI=1S/C18H27NO4/c1-7-12-8-9-13(15(20)21)10-14(12)18(5,6)11-19-16(22)23-17(2,3)4/h8-10H,7,11H2,1-6H3,(H,19,22)(H,20,21). The summed E-state index contributed by atoms with van der Waals surface area (Å²) in [6.45, 7) is 11.8. The van der Waals surface area contributed by atoms with Crippen LogP contribution in [0.15, 0.2) is 18.2 Å². The molecular formula is C18H27NO4. The fourth-order valence-corrected chi connectivity index (χ4v) is 2.35. The van der Waals surface area contributed by atoms with E-state index < -0.39 is 23.1 Å². The zero-order chi connectivity index (χ0) is 17.8. The molecule has 0 fully saturated rings. The normalized spacial score (nSPS) is 11.9. The maximum absolute atomic E-state index is 11.8. The van der Waals surface area contributed by atoms with E-state index in [-0.39, 0.29) is 5.56 Å². The molecule has 5 heteroatoms. The van der Waals surface area contributed by atoms with Gasteiger partial charge in [0.25, 0.3) is 0 Å². The van der Waals surface area contributed by atoms with Gasteiger partial charge < -0.3 is 15.2 Å². The van der Waals surface area contributed by atoms with E-state index in [0.717, 1.165) is 17.5 Å². The Morgan fingerprint density at radius 3 is 2.26 bits per heavy atom. The van der Waals surface area contributed by atoms with E-state index in [1.165, 1.54) is 0 Å². The molecule has 0 unspecified atom stereocenters. The van der Waals surface area contributed by atoms with Crippen molar-refractivity contribution in [2.24, 2.45) is 0 Å². The highest BCUT2D eigenvalue weighted by Crippen LogP contribution is 2.28. The van der Waals surface area contributed by atoms with E-state index in [2.05, 4.69) is 5.32 Å². The summed E-state index contributed by atoms with van der Waals surface area (Å²) >= 11 is 0. The van der Waals surface area contributed by atoms with Crippen LogP contribution in [0.5, 0.6) is 0 Å². The third-order valence-corrected chi connectivity index (χ3v) is 3.54. The number of carboxylic acid groups (broad SMARTS) is 1. The lowest BCUT2D eigenvalue weighted by molar-refractivity contribution is 0.0516. The summed E-state index contributed by atoms with van der Waals surface area (Å²) in [5.74, 6) is -0.954. The van der Waals surface area contributed by atoms with Crippen molar-refractivity contribution in [2.75, 3.05) is 6.54 Å². The number of carboxylic acids is 1. The highest BCUT2D eigenvalue weighted by molar-refractivity contribution is 5.88. The molecule has 0 aliphatic carbocycles. The van der Waals surface area contributed by atoms with Crippen LogP contribution in [0, 0.1) is 0 Å². The highest BCUT2D eigenvalue weighted by Gasteiger charge is 2.26. The third-order valence-electron chi connectivity index (χ3n) is 3.54. The number of rotatable bonds is 5. The Morgan fingerprint density at radius 1 is 1.17 bits per heavy atom. The van der Waals surface area contributed by atoms with Crippen LogP contribution in [0.4, 0.5) is 4.79 Å². The molecule has 0 aromatic heterocycles. The van der Waals surface area contributed by atoms with Gasteiger partial charge in [-0.2, -0.15) is 0 Å². The molecule has 0 aliphatic heterocycles. The van der Waals surface area contributed by atoms with Gasteiger partial charge in [-0.1, -0.05) is 26.8 Å². The molecule has 0 spiro atoms. The summed E-state index contributed by atoms with van der Waals surface area (Å²) in [4.78, 5) is 23.1. The Morgan fingerprint density at radius 2 is 1.78 bits per heavy atom. The minimum Gasteiger partial charge on any atom is -0.478 e. The lowest BCUT2D eigenvalue weighted by Crippen LogP contribution is -2.40. The molecule has 0 atom stereocenters.